The van der Waals surface area contributed by atoms with Crippen LogP contribution in [0.5, 0.6) is 11.5 Å². The number of rotatable bonds is 6. The van der Waals surface area contributed by atoms with E-state index in [4.69, 9.17) is 25.9 Å². The zero-order valence-corrected chi connectivity index (χ0v) is 20.9. The highest BCUT2D eigenvalue weighted by Crippen LogP contribution is 2.36. The lowest BCUT2D eigenvalue weighted by Crippen LogP contribution is -2.22. The zero-order chi connectivity index (χ0) is 25.2. The molecule has 0 spiro atoms. The molecule has 0 saturated heterocycles. The number of benzene rings is 3. The minimum absolute atomic E-state index is 0.0199. The monoisotopic (exact) mass is 468 g/mol. The van der Waals surface area contributed by atoms with Crippen molar-refractivity contribution in [1.82, 2.24) is 4.98 Å². The van der Waals surface area contributed by atoms with E-state index in [1.807, 2.05) is 12.1 Å². The van der Waals surface area contributed by atoms with Crippen LogP contribution >= 0.6 is 0 Å². The number of methoxy groups -OCH3 is 2. The summed E-state index contributed by atoms with van der Waals surface area (Å²) in [6.45, 7) is 6.92. The summed E-state index contributed by atoms with van der Waals surface area (Å²) in [5.74, 6) is 1.30. The molecule has 180 valence electrons. The summed E-state index contributed by atoms with van der Waals surface area (Å²) < 4.78 is 11.0. The molecular formula is C29H32N4O2. The van der Waals surface area contributed by atoms with Gasteiger partial charge in [-0.3, -0.25) is 4.98 Å². The first-order valence-corrected chi connectivity index (χ1v) is 11.5. The van der Waals surface area contributed by atoms with Crippen molar-refractivity contribution in [2.75, 3.05) is 14.2 Å². The number of aliphatic imine (C=N–C) groups is 1. The third-order valence-corrected chi connectivity index (χ3v) is 6.07. The third kappa shape index (κ3) is 5.22. The predicted octanol–water partition coefficient (Wildman–Crippen LogP) is 5.66. The van der Waals surface area contributed by atoms with Crippen molar-refractivity contribution in [3.63, 3.8) is 0 Å². The maximum absolute atomic E-state index is 5.61. The molecule has 0 unspecified atom stereocenters. The van der Waals surface area contributed by atoms with E-state index in [2.05, 4.69) is 80.4 Å². The Hall–Kier alpha value is -4.06. The molecule has 4 rings (SSSR count). The number of pyridine rings is 1. The maximum atomic E-state index is 5.61. The Morgan fingerprint density at radius 1 is 0.829 bits per heavy atom. The lowest BCUT2D eigenvalue weighted by Gasteiger charge is -2.19. The second kappa shape index (κ2) is 9.66. The van der Waals surface area contributed by atoms with E-state index < -0.39 is 0 Å². The molecule has 35 heavy (non-hydrogen) atoms. The van der Waals surface area contributed by atoms with Gasteiger partial charge in [-0.25, -0.2) is 4.99 Å². The molecule has 0 aliphatic heterocycles. The van der Waals surface area contributed by atoms with Crippen LogP contribution in [0.1, 0.15) is 32.0 Å². The standard InChI is InChI=1S/C29H32N4O2/c1-29(2,3)22-11-9-18(10-12-22)19-7-6-8-20(13-19)24-14-21-15-26(34-4)27(35-5)16-23(21)25(33-24)17-32-28(30)31/h6-16H,17H2,1-5H3,(H4,30,31,32). The van der Waals surface area contributed by atoms with Gasteiger partial charge in [-0.15, -0.1) is 0 Å². The van der Waals surface area contributed by atoms with Gasteiger partial charge in [-0.2, -0.15) is 0 Å². The van der Waals surface area contributed by atoms with Gasteiger partial charge in [0.25, 0.3) is 0 Å². The Bertz CT molecular complexity index is 1380. The molecule has 6 nitrogen and oxygen atoms in total. The largest absolute Gasteiger partial charge is 0.493 e. The van der Waals surface area contributed by atoms with E-state index in [1.54, 1.807) is 14.2 Å². The number of guanidine groups is 1. The lowest BCUT2D eigenvalue weighted by molar-refractivity contribution is 0.356. The fraction of sp³-hybridized carbons (Fsp3) is 0.241. The molecule has 0 atom stereocenters. The molecule has 6 heteroatoms. The molecule has 0 fully saturated rings. The molecule has 4 aromatic rings. The van der Waals surface area contributed by atoms with Crippen molar-refractivity contribution in [2.45, 2.75) is 32.7 Å². The average Bonchev–Trinajstić information content (AvgIpc) is 2.85. The molecule has 1 aromatic heterocycles. The van der Waals surface area contributed by atoms with Crippen molar-refractivity contribution < 1.29 is 9.47 Å². The van der Waals surface area contributed by atoms with Crippen LogP contribution in [0, 0.1) is 0 Å². The summed E-state index contributed by atoms with van der Waals surface area (Å²) >= 11 is 0. The van der Waals surface area contributed by atoms with Crippen LogP contribution in [0.15, 0.2) is 71.7 Å². The van der Waals surface area contributed by atoms with Crippen LogP contribution in [0.25, 0.3) is 33.2 Å². The minimum atomic E-state index is 0.0199. The van der Waals surface area contributed by atoms with Gasteiger partial charge in [0.05, 0.1) is 32.2 Å². The first-order chi connectivity index (χ1) is 16.7. The summed E-state index contributed by atoms with van der Waals surface area (Å²) in [5.41, 5.74) is 17.5. The number of aromatic nitrogens is 1. The van der Waals surface area contributed by atoms with Crippen molar-refractivity contribution in [1.29, 1.82) is 0 Å². The van der Waals surface area contributed by atoms with Gasteiger partial charge in [-0.1, -0.05) is 63.2 Å². The first kappa shape index (κ1) is 24.1. The molecule has 0 bridgehead atoms. The quantitative estimate of drug-likeness (QED) is 0.281. The molecule has 4 N–H and O–H groups in total. The lowest BCUT2D eigenvalue weighted by atomic mass is 9.86. The van der Waals surface area contributed by atoms with Crippen molar-refractivity contribution in [2.24, 2.45) is 16.5 Å². The fourth-order valence-corrected chi connectivity index (χ4v) is 4.10. The fourth-order valence-electron chi connectivity index (χ4n) is 4.10. The van der Waals surface area contributed by atoms with Gasteiger partial charge < -0.3 is 20.9 Å². The number of ether oxygens (including phenoxy) is 2. The second-order valence-corrected chi connectivity index (χ2v) is 9.53. The van der Waals surface area contributed by atoms with Crippen LogP contribution < -0.4 is 20.9 Å². The van der Waals surface area contributed by atoms with Crippen LogP contribution in [-0.2, 0) is 12.0 Å². The smallest absolute Gasteiger partial charge is 0.186 e. The molecule has 0 saturated carbocycles. The van der Waals surface area contributed by atoms with Gasteiger partial charge in [0.15, 0.2) is 17.5 Å². The van der Waals surface area contributed by atoms with Crippen LogP contribution in [0.3, 0.4) is 0 Å². The third-order valence-electron chi connectivity index (χ3n) is 6.07. The first-order valence-electron chi connectivity index (χ1n) is 11.5. The number of hydrogen-bond donors (Lipinski definition) is 2. The van der Waals surface area contributed by atoms with Crippen molar-refractivity contribution >= 4 is 16.7 Å². The van der Waals surface area contributed by atoms with Crippen LogP contribution in [0.2, 0.25) is 0 Å². The number of fused-ring (bicyclic) bond motifs is 1. The Labute approximate surface area is 206 Å². The Kier molecular flexibility index (Phi) is 6.65. The number of nitrogens with two attached hydrogens (primary N) is 2. The van der Waals surface area contributed by atoms with E-state index in [-0.39, 0.29) is 17.9 Å². The molecule has 0 aliphatic carbocycles. The molecule has 3 aromatic carbocycles. The molecule has 0 aliphatic rings. The van der Waals surface area contributed by atoms with E-state index >= 15 is 0 Å². The SMILES string of the molecule is COc1cc2cc(-c3cccc(-c4ccc(C(C)(C)C)cc4)c3)nc(CN=C(N)N)c2cc1OC. The highest BCUT2D eigenvalue weighted by Gasteiger charge is 2.15. The highest BCUT2D eigenvalue weighted by atomic mass is 16.5. The topological polar surface area (TPSA) is 95.8 Å². The average molecular weight is 469 g/mol. The van der Waals surface area contributed by atoms with Crippen LogP contribution in [0.4, 0.5) is 0 Å². The summed E-state index contributed by atoms with van der Waals surface area (Å²) in [6.07, 6.45) is 0. The number of hydrogen-bond acceptors (Lipinski definition) is 4. The van der Waals surface area contributed by atoms with E-state index in [9.17, 15) is 0 Å². The Morgan fingerprint density at radius 3 is 2.11 bits per heavy atom. The second-order valence-electron chi connectivity index (χ2n) is 9.53. The van der Waals surface area contributed by atoms with Gasteiger partial charge >= 0.3 is 0 Å². The zero-order valence-electron chi connectivity index (χ0n) is 20.9. The van der Waals surface area contributed by atoms with Gasteiger partial charge in [-0.05, 0) is 51.8 Å². The predicted molar refractivity (Wildman–Crippen MR) is 144 cm³/mol. The molecule has 0 amide bonds. The Balaban J connectivity index is 1.82. The summed E-state index contributed by atoms with van der Waals surface area (Å²) in [5, 5.41) is 1.87. The molecular weight excluding hydrogens is 436 g/mol. The van der Waals surface area contributed by atoms with Gasteiger partial charge in [0.1, 0.15) is 0 Å². The van der Waals surface area contributed by atoms with E-state index in [0.717, 1.165) is 38.9 Å². The van der Waals surface area contributed by atoms with Gasteiger partial charge in [0, 0.05) is 10.9 Å². The molecule has 0 radical (unpaired) electrons. The molecule has 1 heterocycles. The summed E-state index contributed by atoms with van der Waals surface area (Å²) in [4.78, 5) is 9.15. The maximum Gasteiger partial charge on any atom is 0.186 e. The van der Waals surface area contributed by atoms with E-state index in [0.29, 0.717) is 11.5 Å². The summed E-state index contributed by atoms with van der Waals surface area (Å²) in [7, 11) is 3.24. The van der Waals surface area contributed by atoms with Gasteiger partial charge in [0.2, 0.25) is 0 Å². The van der Waals surface area contributed by atoms with Crippen molar-refractivity contribution in [3.05, 3.63) is 78.0 Å². The van der Waals surface area contributed by atoms with E-state index in [1.165, 1.54) is 5.56 Å². The Morgan fingerprint density at radius 2 is 1.49 bits per heavy atom. The highest BCUT2D eigenvalue weighted by molar-refractivity contribution is 5.91. The van der Waals surface area contributed by atoms with Crippen molar-refractivity contribution in [3.8, 4) is 33.9 Å². The normalized spacial score (nSPS) is 11.3. The summed E-state index contributed by atoms with van der Waals surface area (Å²) in [6, 6.07) is 23.1. The van der Waals surface area contributed by atoms with Crippen LogP contribution in [-0.4, -0.2) is 25.2 Å². The number of nitrogens with zero attached hydrogens (tertiary/aromatic N) is 2. The minimum Gasteiger partial charge on any atom is -0.493 e.